The quantitative estimate of drug-likeness (QED) is 0.822. The maximum absolute atomic E-state index is 12.9. The summed E-state index contributed by atoms with van der Waals surface area (Å²) in [7, 11) is 0. The molecule has 0 aliphatic carbocycles. The van der Waals surface area contributed by atoms with Crippen molar-refractivity contribution in [2.75, 3.05) is 6.61 Å². The molecule has 116 valence electrons. The van der Waals surface area contributed by atoms with Gasteiger partial charge in [-0.3, -0.25) is 4.79 Å². The Balaban J connectivity index is 1.88. The average molecular weight is 387 g/mol. The molecule has 0 radical (unpaired) electrons. The Morgan fingerprint density at radius 2 is 2.00 bits per heavy atom. The van der Waals surface area contributed by atoms with Crippen LogP contribution in [0.25, 0.3) is 0 Å². The number of hydrogen-bond acceptors (Lipinski definition) is 2. The minimum atomic E-state index is -0.453. The van der Waals surface area contributed by atoms with Crippen molar-refractivity contribution in [3.8, 4) is 5.75 Å². The molecule has 0 unspecified atom stereocenters. The van der Waals surface area contributed by atoms with Crippen LogP contribution in [0.2, 0.25) is 5.02 Å². The molecule has 0 fully saturated rings. The molecule has 0 saturated heterocycles. The lowest BCUT2D eigenvalue weighted by Crippen LogP contribution is -2.31. The van der Waals surface area contributed by atoms with Crippen molar-refractivity contribution in [3.05, 3.63) is 63.3 Å². The zero-order valence-electron chi connectivity index (χ0n) is 11.8. The van der Waals surface area contributed by atoms with Gasteiger partial charge in [0, 0.05) is 4.47 Å². The van der Waals surface area contributed by atoms with Gasteiger partial charge in [-0.1, -0.05) is 39.7 Å². The van der Waals surface area contributed by atoms with Crippen LogP contribution < -0.4 is 10.1 Å². The fourth-order valence-corrected chi connectivity index (χ4v) is 2.34. The van der Waals surface area contributed by atoms with Crippen LogP contribution in [0.3, 0.4) is 0 Å². The van der Waals surface area contributed by atoms with E-state index in [2.05, 4.69) is 21.2 Å². The second kappa shape index (κ2) is 7.61. The second-order valence-corrected chi connectivity index (χ2v) is 6.03. The lowest BCUT2D eigenvalue weighted by Gasteiger charge is -2.15. The number of ether oxygens (including phenoxy) is 1. The second-order valence-electron chi connectivity index (χ2n) is 4.70. The summed E-state index contributed by atoms with van der Waals surface area (Å²) in [6.07, 6.45) is 0. The van der Waals surface area contributed by atoms with Gasteiger partial charge in [-0.2, -0.15) is 0 Å². The summed E-state index contributed by atoms with van der Waals surface area (Å²) in [4.78, 5) is 11.9. The van der Waals surface area contributed by atoms with Crippen LogP contribution in [0.1, 0.15) is 18.5 Å². The van der Waals surface area contributed by atoms with Gasteiger partial charge in [0.2, 0.25) is 0 Å². The fraction of sp³-hybridized carbons (Fsp3) is 0.188. The topological polar surface area (TPSA) is 38.3 Å². The van der Waals surface area contributed by atoms with Crippen LogP contribution in [0, 0.1) is 5.82 Å². The van der Waals surface area contributed by atoms with E-state index < -0.39 is 5.82 Å². The predicted octanol–water partition coefficient (Wildman–Crippen LogP) is 4.50. The number of nitrogens with one attached hydrogen (secondary N) is 1. The molecule has 0 heterocycles. The van der Waals surface area contributed by atoms with Crippen molar-refractivity contribution in [3.63, 3.8) is 0 Å². The first-order valence-electron chi connectivity index (χ1n) is 6.58. The first-order valence-corrected chi connectivity index (χ1v) is 7.75. The van der Waals surface area contributed by atoms with Crippen molar-refractivity contribution in [2.24, 2.45) is 0 Å². The van der Waals surface area contributed by atoms with Crippen LogP contribution in [0.15, 0.2) is 46.9 Å². The molecule has 6 heteroatoms. The van der Waals surface area contributed by atoms with Gasteiger partial charge in [0.25, 0.3) is 5.91 Å². The van der Waals surface area contributed by atoms with Crippen LogP contribution in [-0.4, -0.2) is 12.5 Å². The molecule has 2 aromatic carbocycles. The van der Waals surface area contributed by atoms with Crippen molar-refractivity contribution in [1.29, 1.82) is 0 Å². The van der Waals surface area contributed by atoms with Gasteiger partial charge in [-0.25, -0.2) is 4.39 Å². The maximum Gasteiger partial charge on any atom is 0.258 e. The van der Waals surface area contributed by atoms with E-state index >= 15 is 0 Å². The van der Waals surface area contributed by atoms with Crippen LogP contribution in [-0.2, 0) is 4.79 Å². The highest BCUT2D eigenvalue weighted by Crippen LogP contribution is 2.24. The number of halogens is 3. The Morgan fingerprint density at radius 3 is 2.64 bits per heavy atom. The molecule has 1 atom stereocenters. The standard InChI is InChI=1S/C16H14BrClFNO2/c1-10(11-2-4-12(17)5-3-11)20-16(21)9-22-15-7-6-13(19)8-14(15)18/h2-8,10H,9H2,1H3,(H,20,21)/t10-/m0/s1. The molecule has 0 bridgehead atoms. The van der Waals surface area contributed by atoms with Gasteiger partial charge in [-0.05, 0) is 42.8 Å². The minimum absolute atomic E-state index is 0.133. The van der Waals surface area contributed by atoms with Gasteiger partial charge >= 0.3 is 0 Å². The summed E-state index contributed by atoms with van der Waals surface area (Å²) in [5.74, 6) is -0.462. The number of benzene rings is 2. The smallest absolute Gasteiger partial charge is 0.258 e. The minimum Gasteiger partial charge on any atom is -0.482 e. The molecular weight excluding hydrogens is 373 g/mol. The lowest BCUT2D eigenvalue weighted by molar-refractivity contribution is -0.123. The van der Waals surface area contributed by atoms with Crippen LogP contribution >= 0.6 is 27.5 Å². The zero-order valence-corrected chi connectivity index (χ0v) is 14.1. The van der Waals surface area contributed by atoms with E-state index in [1.54, 1.807) is 0 Å². The Kier molecular flexibility index (Phi) is 5.80. The Hall–Kier alpha value is -1.59. The van der Waals surface area contributed by atoms with Crippen molar-refractivity contribution >= 4 is 33.4 Å². The molecule has 0 aromatic heterocycles. The van der Waals surface area contributed by atoms with E-state index in [9.17, 15) is 9.18 Å². The molecular formula is C16H14BrClFNO2. The summed E-state index contributed by atoms with van der Waals surface area (Å²) in [6.45, 7) is 1.69. The molecule has 2 rings (SSSR count). The molecule has 0 aliphatic heterocycles. The Morgan fingerprint density at radius 1 is 1.32 bits per heavy atom. The van der Waals surface area contributed by atoms with E-state index in [1.807, 2.05) is 31.2 Å². The van der Waals surface area contributed by atoms with E-state index in [4.69, 9.17) is 16.3 Å². The third-order valence-corrected chi connectivity index (χ3v) is 3.82. The number of rotatable bonds is 5. The summed E-state index contributed by atoms with van der Waals surface area (Å²) in [6, 6.07) is 11.3. The highest BCUT2D eigenvalue weighted by Gasteiger charge is 2.11. The monoisotopic (exact) mass is 385 g/mol. The number of amides is 1. The number of carbonyl (C=O) groups is 1. The highest BCUT2D eigenvalue weighted by atomic mass is 79.9. The summed E-state index contributed by atoms with van der Waals surface area (Å²) >= 11 is 9.19. The van der Waals surface area contributed by atoms with Gasteiger partial charge < -0.3 is 10.1 Å². The summed E-state index contributed by atoms with van der Waals surface area (Å²) < 4.78 is 19.2. The van der Waals surface area contributed by atoms with Gasteiger partial charge in [0.1, 0.15) is 11.6 Å². The third kappa shape index (κ3) is 4.71. The van der Waals surface area contributed by atoms with E-state index in [0.717, 1.165) is 16.1 Å². The molecule has 0 aliphatic rings. The normalized spacial score (nSPS) is 11.8. The van der Waals surface area contributed by atoms with Crippen LogP contribution in [0.5, 0.6) is 5.75 Å². The van der Waals surface area contributed by atoms with Crippen molar-refractivity contribution < 1.29 is 13.9 Å². The molecule has 1 N–H and O–H groups in total. The largest absolute Gasteiger partial charge is 0.482 e. The predicted molar refractivity (Wildman–Crippen MR) is 87.6 cm³/mol. The van der Waals surface area contributed by atoms with Crippen molar-refractivity contribution in [2.45, 2.75) is 13.0 Å². The van der Waals surface area contributed by atoms with E-state index in [0.29, 0.717) is 0 Å². The SMILES string of the molecule is C[C@H](NC(=O)COc1ccc(F)cc1Cl)c1ccc(Br)cc1. The zero-order chi connectivity index (χ0) is 16.1. The molecule has 22 heavy (non-hydrogen) atoms. The van der Waals surface area contributed by atoms with Crippen molar-refractivity contribution in [1.82, 2.24) is 5.32 Å². The first kappa shape index (κ1) is 16.8. The molecule has 0 saturated carbocycles. The van der Waals surface area contributed by atoms with Gasteiger partial charge in [-0.15, -0.1) is 0 Å². The average Bonchev–Trinajstić information content (AvgIpc) is 2.47. The summed E-state index contributed by atoms with van der Waals surface area (Å²) in [5, 5.41) is 2.95. The van der Waals surface area contributed by atoms with E-state index in [1.165, 1.54) is 12.1 Å². The van der Waals surface area contributed by atoms with Crippen LogP contribution in [0.4, 0.5) is 4.39 Å². The van der Waals surface area contributed by atoms with Gasteiger partial charge in [0.05, 0.1) is 11.1 Å². The molecule has 3 nitrogen and oxygen atoms in total. The molecule has 1 amide bonds. The highest BCUT2D eigenvalue weighted by molar-refractivity contribution is 9.10. The lowest BCUT2D eigenvalue weighted by atomic mass is 10.1. The summed E-state index contributed by atoms with van der Waals surface area (Å²) in [5.41, 5.74) is 0.983. The third-order valence-electron chi connectivity index (χ3n) is 3.00. The Labute approximate surface area is 141 Å². The molecule has 0 spiro atoms. The number of hydrogen-bond donors (Lipinski definition) is 1. The first-order chi connectivity index (χ1) is 10.5. The Bertz CT molecular complexity index is 664. The van der Waals surface area contributed by atoms with E-state index in [-0.39, 0.29) is 29.3 Å². The van der Waals surface area contributed by atoms with Gasteiger partial charge in [0.15, 0.2) is 6.61 Å². The fourth-order valence-electron chi connectivity index (χ4n) is 1.85. The molecule has 2 aromatic rings. The number of carbonyl (C=O) groups excluding carboxylic acids is 1. The maximum atomic E-state index is 12.9.